The summed E-state index contributed by atoms with van der Waals surface area (Å²) in [5, 5.41) is 9.17. The fourth-order valence-corrected chi connectivity index (χ4v) is 1.95. The van der Waals surface area contributed by atoms with Gasteiger partial charge in [-0.25, -0.2) is 9.78 Å². The lowest BCUT2D eigenvalue weighted by Gasteiger charge is -2.06. The van der Waals surface area contributed by atoms with E-state index in [0.29, 0.717) is 10.8 Å². The van der Waals surface area contributed by atoms with E-state index >= 15 is 0 Å². The average molecular weight is 329 g/mol. The number of nitrogens with zero attached hydrogens (tertiary/aromatic N) is 1. The van der Waals surface area contributed by atoms with Crippen molar-refractivity contribution in [2.75, 3.05) is 0 Å². The fraction of sp³-hybridized carbons (Fsp3) is 0. The number of pyridine rings is 1. The van der Waals surface area contributed by atoms with E-state index in [1.807, 2.05) is 0 Å². The van der Waals surface area contributed by atoms with Gasteiger partial charge in [0.1, 0.15) is 5.75 Å². The number of aromatic carboxylic acids is 1. The van der Waals surface area contributed by atoms with Crippen LogP contribution in [0.25, 0.3) is 0 Å². The molecule has 0 spiro atoms. The second-order valence-electron chi connectivity index (χ2n) is 3.37. The summed E-state index contributed by atoms with van der Waals surface area (Å²) in [6, 6.07) is 8.06. The summed E-state index contributed by atoms with van der Waals surface area (Å²) in [4.78, 5) is 14.5. The van der Waals surface area contributed by atoms with E-state index in [9.17, 15) is 4.79 Å². The number of ether oxygens (including phenoxy) is 1. The number of halogens is 2. The smallest absolute Gasteiger partial charge is 0.337 e. The fourth-order valence-electron chi connectivity index (χ4n) is 1.24. The molecule has 1 heterocycles. The third-order valence-corrected chi connectivity index (χ3v) is 2.88. The Morgan fingerprint density at radius 3 is 2.67 bits per heavy atom. The van der Waals surface area contributed by atoms with Gasteiger partial charge in [-0.15, -0.1) is 0 Å². The predicted octanol–water partition coefficient (Wildman–Crippen LogP) is 3.99. The summed E-state index contributed by atoms with van der Waals surface area (Å²) in [6.07, 6.45) is 1.23. The molecule has 0 amide bonds. The van der Waals surface area contributed by atoms with Crippen LogP contribution >= 0.6 is 27.5 Å². The van der Waals surface area contributed by atoms with Gasteiger partial charge < -0.3 is 9.84 Å². The van der Waals surface area contributed by atoms with Gasteiger partial charge in [0.15, 0.2) is 0 Å². The molecule has 4 nitrogen and oxygen atoms in total. The first-order valence-corrected chi connectivity index (χ1v) is 6.05. The van der Waals surface area contributed by atoms with Crippen molar-refractivity contribution in [1.82, 2.24) is 4.98 Å². The summed E-state index contributed by atoms with van der Waals surface area (Å²) in [5.41, 5.74) is 0.101. The Kier molecular flexibility index (Phi) is 3.84. The number of hydrogen-bond acceptors (Lipinski definition) is 3. The highest BCUT2D eigenvalue weighted by Gasteiger charge is 2.06. The Balaban J connectivity index is 2.21. The summed E-state index contributed by atoms with van der Waals surface area (Å²) < 4.78 is 6.28. The van der Waals surface area contributed by atoms with Crippen LogP contribution in [-0.2, 0) is 0 Å². The van der Waals surface area contributed by atoms with Crippen LogP contribution in [-0.4, -0.2) is 16.1 Å². The van der Waals surface area contributed by atoms with E-state index in [4.69, 9.17) is 21.4 Å². The van der Waals surface area contributed by atoms with Crippen LogP contribution in [0.1, 0.15) is 10.4 Å². The number of benzene rings is 1. The molecule has 2 rings (SSSR count). The van der Waals surface area contributed by atoms with Gasteiger partial charge in [-0.2, -0.15) is 0 Å². The molecule has 6 heteroatoms. The molecule has 0 aliphatic carbocycles. The molecule has 0 bridgehead atoms. The Hall–Kier alpha value is -1.59. The molecule has 0 saturated heterocycles. The van der Waals surface area contributed by atoms with Gasteiger partial charge in [-0.1, -0.05) is 27.5 Å². The largest absolute Gasteiger partial charge is 0.478 e. The molecule has 18 heavy (non-hydrogen) atoms. The summed E-state index contributed by atoms with van der Waals surface area (Å²) in [5.74, 6) is -0.296. The van der Waals surface area contributed by atoms with Crippen molar-refractivity contribution < 1.29 is 14.6 Å². The maximum Gasteiger partial charge on any atom is 0.337 e. The van der Waals surface area contributed by atoms with Gasteiger partial charge >= 0.3 is 5.97 Å². The minimum Gasteiger partial charge on any atom is -0.478 e. The van der Waals surface area contributed by atoms with Gasteiger partial charge in [-0.05, 0) is 24.3 Å². The van der Waals surface area contributed by atoms with Crippen LogP contribution in [0.5, 0.6) is 11.6 Å². The molecule has 92 valence electrons. The highest BCUT2D eigenvalue weighted by atomic mass is 79.9. The predicted molar refractivity (Wildman–Crippen MR) is 70.4 cm³/mol. The van der Waals surface area contributed by atoms with Crippen molar-refractivity contribution in [3.05, 3.63) is 51.6 Å². The molecule has 0 unspecified atom stereocenters. The summed E-state index contributed by atoms with van der Waals surface area (Å²) in [7, 11) is 0. The Morgan fingerprint density at radius 2 is 2.11 bits per heavy atom. The van der Waals surface area contributed by atoms with Gasteiger partial charge in [-0.3, -0.25) is 0 Å². The van der Waals surface area contributed by atoms with E-state index < -0.39 is 5.97 Å². The van der Waals surface area contributed by atoms with Crippen molar-refractivity contribution >= 4 is 33.5 Å². The highest BCUT2D eigenvalue weighted by molar-refractivity contribution is 9.10. The molecule has 0 radical (unpaired) electrons. The number of rotatable bonds is 3. The molecule has 0 aliphatic heterocycles. The van der Waals surface area contributed by atoms with Gasteiger partial charge in [0.25, 0.3) is 0 Å². The molecule has 0 fully saturated rings. The third-order valence-electron chi connectivity index (χ3n) is 2.09. The number of carbonyl (C=O) groups is 1. The zero-order chi connectivity index (χ0) is 13.1. The van der Waals surface area contributed by atoms with E-state index in [0.717, 1.165) is 4.47 Å². The van der Waals surface area contributed by atoms with E-state index in [1.165, 1.54) is 18.3 Å². The standard InChI is InChI=1S/C12H7BrClNO3/c13-8-2-3-10(9(14)5-8)18-11-4-1-7(6-15-11)12(16)17/h1-6H,(H,16,17). The van der Waals surface area contributed by atoms with Crippen LogP contribution < -0.4 is 4.74 Å². The van der Waals surface area contributed by atoms with Crippen LogP contribution in [0.2, 0.25) is 5.02 Å². The molecule has 0 aliphatic rings. The Morgan fingerprint density at radius 1 is 1.33 bits per heavy atom. The molecule has 1 N–H and O–H groups in total. The first kappa shape index (κ1) is 12.9. The molecular formula is C12H7BrClNO3. The minimum absolute atomic E-state index is 0.101. The highest BCUT2D eigenvalue weighted by Crippen LogP contribution is 2.30. The van der Waals surface area contributed by atoms with E-state index in [1.54, 1.807) is 18.2 Å². The van der Waals surface area contributed by atoms with Crippen LogP contribution in [0.15, 0.2) is 41.0 Å². The lowest BCUT2D eigenvalue weighted by Crippen LogP contribution is -1.97. The SMILES string of the molecule is O=C(O)c1ccc(Oc2ccc(Br)cc2Cl)nc1. The zero-order valence-corrected chi connectivity index (χ0v) is 11.3. The third kappa shape index (κ3) is 3.00. The quantitative estimate of drug-likeness (QED) is 0.925. The second-order valence-corrected chi connectivity index (χ2v) is 4.69. The van der Waals surface area contributed by atoms with Crippen molar-refractivity contribution in [3.8, 4) is 11.6 Å². The van der Waals surface area contributed by atoms with Crippen molar-refractivity contribution in [1.29, 1.82) is 0 Å². The maximum absolute atomic E-state index is 10.7. The Bertz CT molecular complexity index is 586. The lowest BCUT2D eigenvalue weighted by atomic mass is 10.3. The van der Waals surface area contributed by atoms with E-state index in [-0.39, 0.29) is 11.4 Å². The maximum atomic E-state index is 10.7. The monoisotopic (exact) mass is 327 g/mol. The molecule has 1 aromatic heterocycles. The number of carboxylic acids is 1. The zero-order valence-electron chi connectivity index (χ0n) is 8.93. The molecule has 2 aromatic rings. The first-order chi connectivity index (χ1) is 8.56. The second kappa shape index (κ2) is 5.37. The lowest BCUT2D eigenvalue weighted by molar-refractivity contribution is 0.0696. The van der Waals surface area contributed by atoms with Crippen molar-refractivity contribution in [2.45, 2.75) is 0 Å². The van der Waals surface area contributed by atoms with Gasteiger partial charge in [0, 0.05) is 16.7 Å². The number of hydrogen-bond donors (Lipinski definition) is 1. The molecule has 1 aromatic carbocycles. The normalized spacial score (nSPS) is 10.1. The van der Waals surface area contributed by atoms with Crippen molar-refractivity contribution in [2.24, 2.45) is 0 Å². The first-order valence-electron chi connectivity index (χ1n) is 4.88. The van der Waals surface area contributed by atoms with Crippen LogP contribution in [0.4, 0.5) is 0 Å². The minimum atomic E-state index is -1.03. The molecular weight excluding hydrogens is 321 g/mol. The topological polar surface area (TPSA) is 59.4 Å². The summed E-state index contributed by atoms with van der Waals surface area (Å²) in [6.45, 7) is 0. The van der Waals surface area contributed by atoms with Crippen LogP contribution in [0.3, 0.4) is 0 Å². The van der Waals surface area contributed by atoms with E-state index in [2.05, 4.69) is 20.9 Å². The van der Waals surface area contributed by atoms with Gasteiger partial charge in [0.2, 0.25) is 5.88 Å². The average Bonchev–Trinajstić information content (AvgIpc) is 2.33. The van der Waals surface area contributed by atoms with Crippen molar-refractivity contribution in [3.63, 3.8) is 0 Å². The molecule has 0 saturated carbocycles. The van der Waals surface area contributed by atoms with Crippen LogP contribution in [0, 0.1) is 0 Å². The number of carboxylic acid groups (broad SMARTS) is 1. The number of aromatic nitrogens is 1. The Labute approximate surface area is 116 Å². The summed E-state index contributed by atoms with van der Waals surface area (Å²) >= 11 is 9.27. The van der Waals surface area contributed by atoms with Gasteiger partial charge in [0.05, 0.1) is 10.6 Å². The molecule has 0 atom stereocenters.